The molecule has 4 nitrogen and oxygen atoms in total. The Morgan fingerprint density at radius 1 is 0.551 bits per heavy atom. The molecule has 0 atom stereocenters. The molecule has 0 aliphatic carbocycles. The summed E-state index contributed by atoms with van der Waals surface area (Å²) in [5, 5.41) is 2.05. The van der Waals surface area contributed by atoms with Crippen LogP contribution in [0.25, 0.3) is 82.5 Å². The molecule has 0 bridgehead atoms. The zero-order chi connectivity index (χ0) is 33.7. The van der Waals surface area contributed by atoms with Crippen molar-refractivity contribution in [2.24, 2.45) is 0 Å². The second kappa shape index (κ2) is 11.7. The predicted molar refractivity (Wildman–Crippen MR) is 190 cm³/mol. The van der Waals surface area contributed by atoms with Crippen LogP contribution in [-0.2, 0) is 6.18 Å². The molecule has 8 rings (SSSR count). The lowest BCUT2D eigenvalue weighted by atomic mass is 9.91. The van der Waals surface area contributed by atoms with E-state index in [1.165, 1.54) is 6.07 Å². The summed E-state index contributed by atoms with van der Waals surface area (Å²) in [4.78, 5) is 19.6. The molecule has 0 spiro atoms. The van der Waals surface area contributed by atoms with Gasteiger partial charge < -0.3 is 0 Å². The molecule has 8 aromatic rings. The van der Waals surface area contributed by atoms with Gasteiger partial charge in [-0.3, -0.25) is 0 Å². The molecule has 234 valence electrons. The van der Waals surface area contributed by atoms with Crippen LogP contribution in [-0.4, -0.2) is 15.0 Å². The van der Waals surface area contributed by atoms with Crippen molar-refractivity contribution in [3.05, 3.63) is 156 Å². The molecule has 0 unspecified atom stereocenters. The number of hydrogen-bond acceptors (Lipinski definition) is 3. The Kier molecular flexibility index (Phi) is 7.15. The maximum atomic E-state index is 14.0. The number of halogens is 3. The lowest BCUT2D eigenvalue weighted by Gasteiger charge is -2.18. The molecule has 0 saturated heterocycles. The number of alkyl halides is 3. The minimum absolute atomic E-state index is 0.385. The lowest BCUT2D eigenvalue weighted by molar-refractivity contribution is -0.137. The number of aromatic nitrogens is 3. The second-order valence-electron chi connectivity index (χ2n) is 11.9. The highest BCUT2D eigenvalue weighted by atomic mass is 19.4. The summed E-state index contributed by atoms with van der Waals surface area (Å²) in [5.74, 6) is 0. The van der Waals surface area contributed by atoms with E-state index >= 15 is 0 Å². The normalized spacial score (nSPS) is 11.7. The third kappa shape index (κ3) is 5.24. The summed E-state index contributed by atoms with van der Waals surface area (Å²) >= 11 is 0. The monoisotopic (exact) mass is 642 g/mol. The Morgan fingerprint density at radius 3 is 1.82 bits per heavy atom. The first-order valence-corrected chi connectivity index (χ1v) is 15.6. The Labute approximate surface area is 280 Å². The second-order valence-corrected chi connectivity index (χ2v) is 11.9. The number of nitrogens with zero attached hydrogens (tertiary/aromatic N) is 4. The van der Waals surface area contributed by atoms with Gasteiger partial charge in [0, 0.05) is 27.5 Å². The van der Waals surface area contributed by atoms with E-state index in [2.05, 4.69) is 4.85 Å². The fourth-order valence-electron chi connectivity index (χ4n) is 6.56. The van der Waals surface area contributed by atoms with Crippen LogP contribution in [0.2, 0.25) is 0 Å². The van der Waals surface area contributed by atoms with Gasteiger partial charge in [0.15, 0.2) is 5.69 Å². The highest BCUT2D eigenvalue weighted by Crippen LogP contribution is 2.45. The summed E-state index contributed by atoms with van der Waals surface area (Å²) in [7, 11) is 0. The van der Waals surface area contributed by atoms with Gasteiger partial charge in [0.2, 0.25) is 0 Å². The summed E-state index contributed by atoms with van der Waals surface area (Å²) in [6, 6.07) is 40.4. The van der Waals surface area contributed by atoms with Crippen molar-refractivity contribution < 1.29 is 13.2 Å². The number of benzene rings is 6. The summed E-state index contributed by atoms with van der Waals surface area (Å²) in [6.45, 7) is 9.94. The van der Waals surface area contributed by atoms with E-state index in [1.54, 1.807) is 25.1 Å². The van der Waals surface area contributed by atoms with E-state index in [9.17, 15) is 13.2 Å². The van der Waals surface area contributed by atoms with Crippen LogP contribution in [0.5, 0.6) is 0 Å². The average Bonchev–Trinajstić information content (AvgIpc) is 3.13. The largest absolute Gasteiger partial charge is 0.416 e. The van der Waals surface area contributed by atoms with Crippen LogP contribution in [0.3, 0.4) is 0 Å². The van der Waals surface area contributed by atoms with Gasteiger partial charge in [-0.05, 0) is 53.3 Å². The van der Waals surface area contributed by atoms with Crippen molar-refractivity contribution in [3.63, 3.8) is 0 Å². The fraction of sp³-hybridized carbons (Fsp3) is 0.0476. The molecular formula is C42H25F3N4. The molecule has 0 radical (unpaired) electrons. The molecule has 0 N–H and O–H groups in total. The average molecular weight is 643 g/mol. The van der Waals surface area contributed by atoms with E-state index in [1.807, 2.05) is 103 Å². The van der Waals surface area contributed by atoms with Crippen LogP contribution >= 0.6 is 0 Å². The number of hydrogen-bond donors (Lipinski definition) is 0. The number of aryl methyl sites for hydroxylation is 1. The van der Waals surface area contributed by atoms with Crippen molar-refractivity contribution in [1.29, 1.82) is 0 Å². The van der Waals surface area contributed by atoms with E-state index < -0.39 is 11.7 Å². The van der Waals surface area contributed by atoms with Crippen molar-refractivity contribution in [2.75, 3.05) is 0 Å². The maximum Gasteiger partial charge on any atom is 0.416 e. The lowest BCUT2D eigenvalue weighted by Crippen LogP contribution is -2.05. The van der Waals surface area contributed by atoms with E-state index in [-0.39, 0.29) is 0 Å². The quantitative estimate of drug-likeness (QED) is 0.142. The number of fused-ring (bicyclic) bond motifs is 5. The molecule has 2 aromatic heterocycles. The summed E-state index contributed by atoms with van der Waals surface area (Å²) in [5.41, 5.74) is 7.08. The molecule has 7 heteroatoms. The maximum absolute atomic E-state index is 14.0. The van der Waals surface area contributed by atoms with Gasteiger partial charge in [0.1, 0.15) is 0 Å². The highest BCUT2D eigenvalue weighted by Gasteiger charge is 2.31. The first-order valence-electron chi connectivity index (χ1n) is 15.6. The SMILES string of the molecule is [C-]#[N+]c1cc2nc(-c3ccccc3)c(-c3ccccc3)nc2c2c(-c3ccccc3-c3cc(C)cc(C(F)(F)F)c3)nc3ccccc3c12. The molecule has 49 heavy (non-hydrogen) atoms. The highest BCUT2D eigenvalue weighted by molar-refractivity contribution is 6.25. The first-order chi connectivity index (χ1) is 23.8. The van der Waals surface area contributed by atoms with Gasteiger partial charge in [-0.25, -0.2) is 19.8 Å². The zero-order valence-corrected chi connectivity index (χ0v) is 26.1. The third-order valence-electron chi connectivity index (χ3n) is 8.69. The summed E-state index contributed by atoms with van der Waals surface area (Å²) in [6.07, 6.45) is -4.51. The molecule has 0 amide bonds. The molecule has 0 saturated carbocycles. The van der Waals surface area contributed by atoms with Crippen molar-refractivity contribution in [1.82, 2.24) is 15.0 Å². The number of para-hydroxylation sites is 1. The molecule has 6 aromatic carbocycles. The van der Waals surface area contributed by atoms with E-state index in [4.69, 9.17) is 21.5 Å². The van der Waals surface area contributed by atoms with Crippen molar-refractivity contribution in [2.45, 2.75) is 13.1 Å². The Morgan fingerprint density at radius 2 is 1.14 bits per heavy atom. The molecular weight excluding hydrogens is 617 g/mol. The van der Waals surface area contributed by atoms with Gasteiger partial charge in [0.25, 0.3) is 0 Å². The Bertz CT molecular complexity index is 2610. The predicted octanol–water partition coefficient (Wildman–Crippen LogP) is 11.9. The fourth-order valence-corrected chi connectivity index (χ4v) is 6.56. The van der Waals surface area contributed by atoms with Crippen LogP contribution in [0.15, 0.2) is 133 Å². The smallest absolute Gasteiger partial charge is 0.247 e. The van der Waals surface area contributed by atoms with Crippen LogP contribution in [0, 0.1) is 13.5 Å². The van der Waals surface area contributed by atoms with Gasteiger partial charge in [0.05, 0.1) is 45.8 Å². The van der Waals surface area contributed by atoms with Gasteiger partial charge >= 0.3 is 6.18 Å². The number of pyridine rings is 1. The first kappa shape index (κ1) is 30.0. The molecule has 0 fully saturated rings. The topological polar surface area (TPSA) is 43.0 Å². The minimum Gasteiger partial charge on any atom is -0.247 e. The van der Waals surface area contributed by atoms with Gasteiger partial charge in [-0.15, -0.1) is 0 Å². The third-order valence-corrected chi connectivity index (χ3v) is 8.69. The minimum atomic E-state index is -4.51. The molecule has 0 aliphatic heterocycles. The van der Waals surface area contributed by atoms with E-state index in [0.717, 1.165) is 22.6 Å². The standard InChI is InChI=1S/C42H25F3N4/c1-25-21-28(23-29(22-25)42(43,44)45)30-17-9-10-18-31(30)40-37-36(32-19-11-12-20-33(32)47-40)34(46-2)24-35-41(37)49-39(27-15-7-4-8-16-27)38(48-35)26-13-5-3-6-14-26/h3-24H,1H3. The van der Waals surface area contributed by atoms with Crippen molar-refractivity contribution in [3.8, 4) is 44.9 Å². The van der Waals surface area contributed by atoms with Crippen molar-refractivity contribution >= 4 is 38.4 Å². The van der Waals surface area contributed by atoms with Crippen LogP contribution in [0.1, 0.15) is 11.1 Å². The summed E-state index contributed by atoms with van der Waals surface area (Å²) < 4.78 is 42.0. The van der Waals surface area contributed by atoms with Crippen LogP contribution in [0.4, 0.5) is 18.9 Å². The van der Waals surface area contributed by atoms with Crippen LogP contribution < -0.4 is 0 Å². The molecule has 0 aliphatic rings. The Hall–Kier alpha value is -6.39. The van der Waals surface area contributed by atoms with Gasteiger partial charge in [-0.2, -0.15) is 13.2 Å². The zero-order valence-electron chi connectivity index (χ0n) is 26.1. The number of rotatable bonds is 4. The van der Waals surface area contributed by atoms with Gasteiger partial charge in [-0.1, -0.05) is 109 Å². The Balaban J connectivity index is 1.54. The molecule has 2 heterocycles. The van der Waals surface area contributed by atoms with E-state index in [0.29, 0.717) is 72.3 Å².